The monoisotopic (exact) mass is 376 g/mol. The van der Waals surface area contributed by atoms with Crippen molar-refractivity contribution in [3.8, 4) is 5.75 Å². The van der Waals surface area contributed by atoms with Gasteiger partial charge in [0.15, 0.2) is 0 Å². The maximum atomic E-state index is 12.6. The van der Waals surface area contributed by atoms with Crippen LogP contribution in [0.25, 0.3) is 0 Å². The largest absolute Gasteiger partial charge is 0.492 e. The summed E-state index contributed by atoms with van der Waals surface area (Å²) in [7, 11) is 0. The molecule has 0 aliphatic heterocycles. The Kier molecular flexibility index (Phi) is 6.30. The summed E-state index contributed by atoms with van der Waals surface area (Å²) < 4.78 is 5.51. The zero-order valence-corrected chi connectivity index (χ0v) is 15.4. The summed E-state index contributed by atoms with van der Waals surface area (Å²) >= 11 is 0. The molecule has 142 valence electrons. The average Bonchev–Trinajstić information content (AvgIpc) is 2.74. The molecule has 2 heterocycles. The van der Waals surface area contributed by atoms with Gasteiger partial charge in [0.25, 0.3) is 11.8 Å². The second-order valence-electron chi connectivity index (χ2n) is 5.85. The van der Waals surface area contributed by atoms with E-state index in [1.807, 2.05) is 25.1 Å². The summed E-state index contributed by atoms with van der Waals surface area (Å²) in [5.41, 5.74) is 1.97. The minimum Gasteiger partial charge on any atom is -0.492 e. The molecule has 0 atom stereocenters. The van der Waals surface area contributed by atoms with E-state index in [0.29, 0.717) is 30.2 Å². The maximum Gasteiger partial charge on any atom is 0.274 e. The van der Waals surface area contributed by atoms with Crippen molar-refractivity contribution in [1.29, 1.82) is 0 Å². The van der Waals surface area contributed by atoms with E-state index in [0.717, 1.165) is 5.56 Å². The molecule has 1 aromatic carbocycles. The maximum absolute atomic E-state index is 12.6. The van der Waals surface area contributed by atoms with Crippen molar-refractivity contribution in [1.82, 2.24) is 15.3 Å². The van der Waals surface area contributed by atoms with Gasteiger partial charge in [-0.2, -0.15) is 0 Å². The van der Waals surface area contributed by atoms with Crippen molar-refractivity contribution in [3.05, 3.63) is 83.9 Å². The van der Waals surface area contributed by atoms with E-state index in [4.69, 9.17) is 4.74 Å². The van der Waals surface area contributed by atoms with Crippen LogP contribution in [0, 0.1) is 0 Å². The fraction of sp³-hybridized carbons (Fsp3) is 0.143. The van der Waals surface area contributed by atoms with E-state index in [1.54, 1.807) is 36.7 Å². The Hall–Kier alpha value is -3.74. The number of nitrogens with one attached hydrogen (secondary N) is 2. The number of benzene rings is 1. The number of ether oxygens (including phenoxy) is 1. The third kappa shape index (κ3) is 4.91. The molecule has 0 bridgehead atoms. The lowest BCUT2D eigenvalue weighted by atomic mass is 10.2. The van der Waals surface area contributed by atoms with Crippen LogP contribution in [0.15, 0.2) is 67.1 Å². The SMILES string of the molecule is CCOc1ccccc1NC(=O)c1cc(C(=O)NCc2ccncc2)ccn1. The molecular weight excluding hydrogens is 356 g/mol. The molecule has 3 aromatic rings. The highest BCUT2D eigenvalue weighted by atomic mass is 16.5. The number of carbonyl (C=O) groups is 2. The number of hydrogen-bond donors (Lipinski definition) is 2. The molecule has 0 spiro atoms. The van der Waals surface area contributed by atoms with Gasteiger partial charge in [0, 0.05) is 30.7 Å². The van der Waals surface area contributed by atoms with Crippen molar-refractivity contribution in [2.45, 2.75) is 13.5 Å². The fourth-order valence-corrected chi connectivity index (χ4v) is 2.52. The van der Waals surface area contributed by atoms with E-state index < -0.39 is 5.91 Å². The molecular formula is C21H20N4O3. The van der Waals surface area contributed by atoms with Gasteiger partial charge >= 0.3 is 0 Å². The van der Waals surface area contributed by atoms with Crippen molar-refractivity contribution >= 4 is 17.5 Å². The summed E-state index contributed by atoms with van der Waals surface area (Å²) in [6.45, 7) is 2.72. The van der Waals surface area contributed by atoms with E-state index in [1.165, 1.54) is 12.3 Å². The molecule has 2 N–H and O–H groups in total. The predicted octanol–water partition coefficient (Wildman–Crippen LogP) is 3.06. The second-order valence-corrected chi connectivity index (χ2v) is 5.85. The number of amides is 2. The molecule has 28 heavy (non-hydrogen) atoms. The van der Waals surface area contributed by atoms with Crippen molar-refractivity contribution in [2.75, 3.05) is 11.9 Å². The Labute approximate surface area is 162 Å². The summed E-state index contributed by atoms with van der Waals surface area (Å²) in [4.78, 5) is 33.0. The molecule has 2 aromatic heterocycles. The number of hydrogen-bond acceptors (Lipinski definition) is 5. The highest BCUT2D eigenvalue weighted by molar-refractivity contribution is 6.05. The quantitative estimate of drug-likeness (QED) is 0.661. The number of carbonyl (C=O) groups excluding carboxylic acids is 2. The number of anilines is 1. The highest BCUT2D eigenvalue weighted by Gasteiger charge is 2.14. The van der Waals surface area contributed by atoms with Crippen LogP contribution >= 0.6 is 0 Å². The number of rotatable bonds is 7. The van der Waals surface area contributed by atoms with E-state index in [-0.39, 0.29) is 11.6 Å². The molecule has 0 radical (unpaired) electrons. The minimum atomic E-state index is -0.420. The Morgan fingerprint density at radius 1 is 1.00 bits per heavy atom. The summed E-state index contributed by atoms with van der Waals surface area (Å²) in [6, 6.07) is 13.8. The molecule has 0 unspecified atom stereocenters. The Bertz CT molecular complexity index is 961. The predicted molar refractivity (Wildman–Crippen MR) is 105 cm³/mol. The minimum absolute atomic E-state index is 0.142. The first kappa shape index (κ1) is 19.0. The molecule has 7 nitrogen and oxygen atoms in total. The summed E-state index contributed by atoms with van der Waals surface area (Å²) in [6.07, 6.45) is 4.76. The lowest BCUT2D eigenvalue weighted by molar-refractivity contribution is 0.0950. The van der Waals surface area contributed by atoms with Gasteiger partial charge in [-0.3, -0.25) is 19.6 Å². The number of aromatic nitrogens is 2. The third-order valence-electron chi connectivity index (χ3n) is 3.89. The van der Waals surface area contributed by atoms with Gasteiger partial charge in [-0.1, -0.05) is 12.1 Å². The average molecular weight is 376 g/mol. The Morgan fingerprint density at radius 2 is 1.79 bits per heavy atom. The third-order valence-corrected chi connectivity index (χ3v) is 3.89. The number of nitrogens with zero attached hydrogens (tertiary/aromatic N) is 2. The number of para-hydroxylation sites is 2. The van der Waals surface area contributed by atoms with Gasteiger partial charge in [0.1, 0.15) is 11.4 Å². The summed E-state index contributed by atoms with van der Waals surface area (Å²) in [5.74, 6) is -0.136. The molecule has 0 saturated heterocycles. The van der Waals surface area contributed by atoms with Crippen LogP contribution in [-0.4, -0.2) is 28.4 Å². The Balaban J connectivity index is 1.68. The van der Waals surface area contributed by atoms with Crippen LogP contribution in [0.3, 0.4) is 0 Å². The highest BCUT2D eigenvalue weighted by Crippen LogP contribution is 2.24. The van der Waals surface area contributed by atoms with Gasteiger partial charge in [-0.25, -0.2) is 0 Å². The first-order valence-electron chi connectivity index (χ1n) is 8.83. The van der Waals surface area contributed by atoms with Gasteiger partial charge in [-0.15, -0.1) is 0 Å². The zero-order chi connectivity index (χ0) is 19.8. The molecule has 2 amide bonds. The van der Waals surface area contributed by atoms with Gasteiger partial charge in [0.2, 0.25) is 0 Å². The molecule has 0 saturated carbocycles. The molecule has 0 aliphatic carbocycles. The zero-order valence-electron chi connectivity index (χ0n) is 15.4. The topological polar surface area (TPSA) is 93.2 Å². The van der Waals surface area contributed by atoms with Crippen LogP contribution in [0.2, 0.25) is 0 Å². The van der Waals surface area contributed by atoms with E-state index in [9.17, 15) is 9.59 Å². The molecule has 0 aliphatic rings. The molecule has 7 heteroatoms. The Morgan fingerprint density at radius 3 is 2.57 bits per heavy atom. The lowest BCUT2D eigenvalue weighted by Gasteiger charge is -2.11. The van der Waals surface area contributed by atoms with Crippen molar-refractivity contribution in [3.63, 3.8) is 0 Å². The van der Waals surface area contributed by atoms with Crippen molar-refractivity contribution in [2.24, 2.45) is 0 Å². The number of pyridine rings is 2. The standard InChI is InChI=1S/C21H20N4O3/c1-2-28-19-6-4-3-5-17(19)25-21(27)18-13-16(9-12-23-18)20(26)24-14-15-7-10-22-11-8-15/h3-13H,2,14H2,1H3,(H,24,26)(H,25,27). The van der Waals surface area contributed by atoms with E-state index >= 15 is 0 Å². The van der Waals surface area contributed by atoms with Gasteiger partial charge in [0.05, 0.1) is 12.3 Å². The second kappa shape index (κ2) is 9.27. The van der Waals surface area contributed by atoms with Gasteiger partial charge < -0.3 is 15.4 Å². The van der Waals surface area contributed by atoms with Crippen LogP contribution < -0.4 is 15.4 Å². The van der Waals surface area contributed by atoms with Crippen LogP contribution in [-0.2, 0) is 6.54 Å². The molecule has 3 rings (SSSR count). The molecule has 0 fully saturated rings. The van der Waals surface area contributed by atoms with Gasteiger partial charge in [-0.05, 0) is 48.9 Å². The lowest BCUT2D eigenvalue weighted by Crippen LogP contribution is -2.23. The van der Waals surface area contributed by atoms with E-state index in [2.05, 4.69) is 20.6 Å². The first-order valence-corrected chi connectivity index (χ1v) is 8.83. The normalized spacial score (nSPS) is 10.2. The first-order chi connectivity index (χ1) is 13.7. The van der Waals surface area contributed by atoms with Crippen LogP contribution in [0.4, 0.5) is 5.69 Å². The smallest absolute Gasteiger partial charge is 0.274 e. The van der Waals surface area contributed by atoms with Crippen molar-refractivity contribution < 1.29 is 14.3 Å². The van der Waals surface area contributed by atoms with Crippen LogP contribution in [0.5, 0.6) is 5.75 Å². The fourth-order valence-electron chi connectivity index (χ4n) is 2.52. The van der Waals surface area contributed by atoms with Crippen LogP contribution in [0.1, 0.15) is 33.3 Å². The summed E-state index contributed by atoms with van der Waals surface area (Å²) in [5, 5.41) is 5.58.